The molecule has 2 aromatic heterocycles. The summed E-state index contributed by atoms with van der Waals surface area (Å²) in [5, 5.41) is 13.4. The van der Waals surface area contributed by atoms with Crippen LogP contribution in [0.5, 0.6) is 5.75 Å². The minimum atomic E-state index is -0.757. The molecule has 0 aliphatic carbocycles. The Morgan fingerprint density at radius 1 is 1.12 bits per heavy atom. The number of amides is 1. The Balaban J connectivity index is 1.65. The van der Waals surface area contributed by atoms with Gasteiger partial charge < -0.3 is 14.3 Å². The lowest BCUT2D eigenvalue weighted by molar-refractivity contribution is -0.117. The van der Waals surface area contributed by atoms with Gasteiger partial charge in [-0.2, -0.15) is 0 Å². The van der Waals surface area contributed by atoms with Crippen molar-refractivity contribution in [1.82, 2.24) is 0 Å². The van der Waals surface area contributed by atoms with E-state index in [2.05, 4.69) is 0 Å². The summed E-state index contributed by atoms with van der Waals surface area (Å²) in [4.78, 5) is 29.0. The van der Waals surface area contributed by atoms with Crippen molar-refractivity contribution in [2.75, 3.05) is 12.0 Å². The Kier molecular flexibility index (Phi) is 4.83. The van der Waals surface area contributed by atoms with Gasteiger partial charge in [-0.25, -0.2) is 0 Å². The molecule has 0 radical (unpaired) electrons. The number of methoxy groups -OCH3 is 1. The first kappa shape index (κ1) is 20.1. The minimum Gasteiger partial charge on any atom is -0.503 e. The van der Waals surface area contributed by atoms with Crippen molar-refractivity contribution >= 4 is 39.7 Å². The first-order valence-electron chi connectivity index (χ1n) is 9.97. The summed E-state index contributed by atoms with van der Waals surface area (Å²) in [7, 11) is 1.52. The van der Waals surface area contributed by atoms with Crippen LogP contribution >= 0.6 is 11.3 Å². The van der Waals surface area contributed by atoms with Crippen molar-refractivity contribution in [3.05, 3.63) is 93.6 Å². The van der Waals surface area contributed by atoms with Gasteiger partial charge in [0.15, 0.2) is 22.9 Å². The van der Waals surface area contributed by atoms with E-state index in [1.54, 1.807) is 24.3 Å². The number of Topliss-reactive ketones (excluding diaryl/α,β-unsaturated/α-hetero) is 1. The zero-order chi connectivity index (χ0) is 22.4. The van der Waals surface area contributed by atoms with Gasteiger partial charge in [-0.05, 0) is 48.2 Å². The number of aryl methyl sites for hydroxylation is 1. The summed E-state index contributed by atoms with van der Waals surface area (Å²) in [6, 6.07) is 17.3. The zero-order valence-electron chi connectivity index (χ0n) is 17.4. The van der Waals surface area contributed by atoms with Crippen LogP contribution in [-0.2, 0) is 4.79 Å². The fourth-order valence-electron chi connectivity index (χ4n) is 4.04. The fraction of sp³-hybridized carbons (Fsp3) is 0.120. The van der Waals surface area contributed by atoms with Gasteiger partial charge in [0.1, 0.15) is 6.04 Å². The number of thiophene rings is 1. The van der Waals surface area contributed by atoms with Crippen LogP contribution in [-0.4, -0.2) is 23.9 Å². The number of hydrogen-bond donors (Lipinski definition) is 1. The summed E-state index contributed by atoms with van der Waals surface area (Å²) in [5.74, 6) is -1.19. The Labute approximate surface area is 188 Å². The van der Waals surface area contributed by atoms with E-state index < -0.39 is 23.5 Å². The summed E-state index contributed by atoms with van der Waals surface area (Å²) in [5.41, 5.74) is 2.00. The lowest BCUT2D eigenvalue weighted by Crippen LogP contribution is -2.30. The highest BCUT2D eigenvalue weighted by Crippen LogP contribution is 2.44. The SMILES string of the molecule is COc1cccc2cc(C(=O)C3=C(O)C(=O)N(c4cccc(C)c4)C3c3cccs3)oc12. The van der Waals surface area contributed by atoms with Gasteiger partial charge in [0, 0.05) is 16.0 Å². The van der Waals surface area contributed by atoms with Gasteiger partial charge in [-0.1, -0.05) is 30.3 Å². The van der Waals surface area contributed by atoms with E-state index in [-0.39, 0.29) is 11.3 Å². The number of nitrogens with zero attached hydrogens (tertiary/aromatic N) is 1. The molecule has 7 heteroatoms. The van der Waals surface area contributed by atoms with Crippen LogP contribution in [0.2, 0.25) is 0 Å². The van der Waals surface area contributed by atoms with Crippen LogP contribution in [0.1, 0.15) is 27.0 Å². The average Bonchev–Trinajstić information content (AvgIpc) is 3.52. The maximum atomic E-state index is 13.6. The number of benzene rings is 2. The molecule has 1 amide bonds. The molecule has 3 heterocycles. The third-order valence-corrected chi connectivity index (χ3v) is 6.42. The van der Waals surface area contributed by atoms with Gasteiger partial charge >= 0.3 is 0 Å². The molecule has 0 spiro atoms. The van der Waals surface area contributed by atoms with Crippen molar-refractivity contribution in [2.24, 2.45) is 0 Å². The van der Waals surface area contributed by atoms with E-state index in [1.165, 1.54) is 23.3 Å². The van der Waals surface area contributed by atoms with Gasteiger partial charge in [0.05, 0.1) is 12.7 Å². The molecule has 2 aromatic carbocycles. The largest absolute Gasteiger partial charge is 0.503 e. The highest BCUT2D eigenvalue weighted by atomic mass is 32.1. The van der Waals surface area contributed by atoms with Crippen molar-refractivity contribution < 1.29 is 23.8 Å². The highest BCUT2D eigenvalue weighted by molar-refractivity contribution is 7.10. The first-order valence-corrected chi connectivity index (χ1v) is 10.9. The summed E-state index contributed by atoms with van der Waals surface area (Å²) >= 11 is 1.41. The number of ether oxygens (including phenoxy) is 1. The number of para-hydroxylation sites is 1. The molecule has 4 aromatic rings. The van der Waals surface area contributed by atoms with Crippen LogP contribution in [0.15, 0.2) is 81.8 Å². The maximum absolute atomic E-state index is 13.6. The number of rotatable bonds is 5. The number of ketones is 1. The summed E-state index contributed by atoms with van der Waals surface area (Å²) < 4.78 is 11.2. The maximum Gasteiger partial charge on any atom is 0.294 e. The van der Waals surface area contributed by atoms with Gasteiger partial charge in [-0.15, -0.1) is 11.3 Å². The number of aliphatic hydroxyl groups is 1. The third kappa shape index (κ3) is 3.09. The van der Waals surface area contributed by atoms with Crippen LogP contribution in [0, 0.1) is 6.92 Å². The number of fused-ring (bicyclic) bond motifs is 1. The van der Waals surface area contributed by atoms with Crippen LogP contribution in [0.4, 0.5) is 5.69 Å². The van der Waals surface area contributed by atoms with E-state index in [4.69, 9.17) is 9.15 Å². The lowest BCUT2D eigenvalue weighted by atomic mass is 10.00. The minimum absolute atomic E-state index is 0.00280. The smallest absolute Gasteiger partial charge is 0.294 e. The molecule has 1 aliphatic heterocycles. The number of aliphatic hydroxyl groups excluding tert-OH is 1. The zero-order valence-corrected chi connectivity index (χ0v) is 18.2. The second kappa shape index (κ2) is 7.69. The number of carbonyl (C=O) groups excluding carboxylic acids is 2. The molecule has 5 rings (SSSR count). The van der Waals surface area contributed by atoms with Gasteiger partial charge in [-0.3, -0.25) is 14.5 Å². The highest BCUT2D eigenvalue weighted by Gasteiger charge is 2.45. The molecule has 0 saturated heterocycles. The molecular formula is C25H19NO5S. The van der Waals surface area contributed by atoms with Crippen molar-refractivity contribution in [2.45, 2.75) is 13.0 Å². The predicted molar refractivity (Wildman–Crippen MR) is 122 cm³/mol. The fourth-order valence-corrected chi connectivity index (χ4v) is 4.86. The normalized spacial score (nSPS) is 16.2. The van der Waals surface area contributed by atoms with E-state index in [0.29, 0.717) is 22.4 Å². The molecule has 6 nitrogen and oxygen atoms in total. The van der Waals surface area contributed by atoms with E-state index in [0.717, 1.165) is 10.4 Å². The molecule has 160 valence electrons. The Morgan fingerprint density at radius 3 is 2.66 bits per heavy atom. The number of anilines is 1. The summed E-state index contributed by atoms with van der Waals surface area (Å²) in [6.45, 7) is 1.92. The number of furan rings is 1. The monoisotopic (exact) mass is 445 g/mol. The Bertz CT molecular complexity index is 1380. The molecule has 32 heavy (non-hydrogen) atoms. The number of hydrogen-bond acceptors (Lipinski definition) is 6. The van der Waals surface area contributed by atoms with Crippen LogP contribution in [0.3, 0.4) is 0 Å². The molecule has 1 unspecified atom stereocenters. The first-order chi connectivity index (χ1) is 15.5. The Hall–Kier alpha value is -3.84. The molecule has 1 N–H and O–H groups in total. The van der Waals surface area contributed by atoms with E-state index in [9.17, 15) is 14.7 Å². The standard InChI is InChI=1S/C25H19NO5S/c1-14-6-3-8-16(12-14)26-21(19-10-5-11-32-19)20(23(28)25(26)29)22(27)18-13-15-7-4-9-17(30-2)24(15)31-18/h3-13,21,28H,1-2H3. The van der Waals surface area contributed by atoms with Gasteiger partial charge in [0.2, 0.25) is 5.78 Å². The lowest BCUT2D eigenvalue weighted by Gasteiger charge is -2.25. The molecule has 0 bridgehead atoms. The van der Waals surface area contributed by atoms with Crippen molar-refractivity contribution in [3.63, 3.8) is 0 Å². The quantitative estimate of drug-likeness (QED) is 0.405. The topological polar surface area (TPSA) is 80.0 Å². The second-order valence-corrected chi connectivity index (χ2v) is 8.49. The van der Waals surface area contributed by atoms with Crippen LogP contribution in [0.25, 0.3) is 11.0 Å². The second-order valence-electron chi connectivity index (χ2n) is 7.51. The Morgan fingerprint density at radius 2 is 1.94 bits per heavy atom. The van der Waals surface area contributed by atoms with Crippen molar-refractivity contribution in [1.29, 1.82) is 0 Å². The molecule has 1 atom stereocenters. The van der Waals surface area contributed by atoms with E-state index >= 15 is 0 Å². The average molecular weight is 445 g/mol. The molecule has 0 saturated carbocycles. The van der Waals surface area contributed by atoms with Gasteiger partial charge in [0.25, 0.3) is 5.91 Å². The number of carbonyl (C=O) groups is 2. The predicted octanol–water partition coefficient (Wildman–Crippen LogP) is 5.59. The summed E-state index contributed by atoms with van der Waals surface area (Å²) in [6.07, 6.45) is 0. The molecule has 0 fully saturated rings. The van der Waals surface area contributed by atoms with Crippen molar-refractivity contribution in [3.8, 4) is 5.75 Å². The third-order valence-electron chi connectivity index (χ3n) is 5.50. The molecular weight excluding hydrogens is 426 g/mol. The van der Waals surface area contributed by atoms with E-state index in [1.807, 2.05) is 48.7 Å². The molecule has 1 aliphatic rings. The van der Waals surface area contributed by atoms with Crippen LogP contribution < -0.4 is 9.64 Å².